The highest BCUT2D eigenvalue weighted by molar-refractivity contribution is 7.99. The molecule has 0 radical (unpaired) electrons. The number of benzene rings is 1. The van der Waals surface area contributed by atoms with Gasteiger partial charge in [0.2, 0.25) is 5.91 Å². The minimum absolute atomic E-state index is 0.0483. The number of amides is 1. The third-order valence-electron chi connectivity index (χ3n) is 4.58. The van der Waals surface area contributed by atoms with Crippen molar-refractivity contribution in [3.05, 3.63) is 51.9 Å². The summed E-state index contributed by atoms with van der Waals surface area (Å²) >= 11 is 1.55. The lowest BCUT2D eigenvalue weighted by Gasteiger charge is -2.14. The second-order valence-corrected chi connectivity index (χ2v) is 7.56. The number of aryl methyl sites for hydroxylation is 1. The Morgan fingerprint density at radius 3 is 2.96 bits per heavy atom. The average molecular weight is 388 g/mol. The first kappa shape index (κ1) is 19.5. The van der Waals surface area contributed by atoms with E-state index >= 15 is 0 Å². The van der Waals surface area contributed by atoms with Crippen LogP contribution in [0.3, 0.4) is 0 Å². The van der Waals surface area contributed by atoms with Gasteiger partial charge in [0.05, 0.1) is 13.2 Å². The van der Waals surface area contributed by atoms with Gasteiger partial charge in [0.15, 0.2) is 5.16 Å². The van der Waals surface area contributed by atoms with E-state index in [1.807, 2.05) is 24.3 Å². The fraction of sp³-hybridized carbons (Fsp3) is 0.450. The van der Waals surface area contributed by atoms with Crippen molar-refractivity contribution in [2.24, 2.45) is 0 Å². The summed E-state index contributed by atoms with van der Waals surface area (Å²) in [6, 6.07) is 9.26. The Labute approximate surface area is 163 Å². The van der Waals surface area contributed by atoms with Crippen molar-refractivity contribution >= 4 is 17.7 Å². The molecule has 1 aromatic carbocycles. The highest BCUT2D eigenvalue weighted by Gasteiger charge is 2.27. The van der Waals surface area contributed by atoms with Crippen LogP contribution in [-0.2, 0) is 17.6 Å². The molecule has 0 aliphatic carbocycles. The smallest absolute Gasteiger partial charge is 0.254 e. The van der Waals surface area contributed by atoms with Gasteiger partial charge >= 0.3 is 0 Å². The van der Waals surface area contributed by atoms with Gasteiger partial charge in [0.1, 0.15) is 5.75 Å². The SMILES string of the molecule is CCCc1cc(=O)n2c(n1)SCC2CC(=O)NCCc1ccccc1OC. The quantitative estimate of drug-likeness (QED) is 0.705. The second-order valence-electron chi connectivity index (χ2n) is 6.57. The lowest BCUT2D eigenvalue weighted by molar-refractivity contribution is -0.121. The molecular weight excluding hydrogens is 362 g/mol. The zero-order chi connectivity index (χ0) is 19.2. The normalized spacial score (nSPS) is 15.4. The maximum atomic E-state index is 12.4. The monoisotopic (exact) mass is 387 g/mol. The molecule has 0 saturated heterocycles. The minimum atomic E-state index is -0.132. The van der Waals surface area contributed by atoms with Gasteiger partial charge < -0.3 is 10.1 Å². The number of para-hydroxylation sites is 1. The number of hydrogen-bond acceptors (Lipinski definition) is 5. The molecule has 1 aliphatic rings. The van der Waals surface area contributed by atoms with E-state index in [2.05, 4.69) is 17.2 Å². The van der Waals surface area contributed by atoms with Crippen molar-refractivity contribution in [3.63, 3.8) is 0 Å². The van der Waals surface area contributed by atoms with Crippen LogP contribution in [-0.4, -0.2) is 34.9 Å². The van der Waals surface area contributed by atoms with E-state index in [1.54, 1.807) is 29.5 Å². The van der Waals surface area contributed by atoms with Crippen LogP contribution >= 0.6 is 11.8 Å². The fourth-order valence-corrected chi connectivity index (χ4v) is 4.43. The maximum absolute atomic E-state index is 12.4. The van der Waals surface area contributed by atoms with Gasteiger partial charge in [-0.1, -0.05) is 43.3 Å². The molecule has 1 N–H and O–H groups in total. The van der Waals surface area contributed by atoms with E-state index in [4.69, 9.17) is 4.74 Å². The number of carbonyl (C=O) groups is 1. The molecule has 144 valence electrons. The zero-order valence-corrected chi connectivity index (χ0v) is 16.6. The van der Waals surface area contributed by atoms with E-state index in [-0.39, 0.29) is 17.5 Å². The van der Waals surface area contributed by atoms with Crippen LogP contribution in [0.4, 0.5) is 0 Å². The number of methoxy groups -OCH3 is 1. The molecule has 2 aromatic rings. The van der Waals surface area contributed by atoms with Gasteiger partial charge in [0.25, 0.3) is 5.56 Å². The third-order valence-corrected chi connectivity index (χ3v) is 5.68. The molecule has 0 fully saturated rings. The average Bonchev–Trinajstić information content (AvgIpc) is 3.05. The van der Waals surface area contributed by atoms with Gasteiger partial charge in [-0.2, -0.15) is 0 Å². The van der Waals surface area contributed by atoms with Gasteiger partial charge in [0, 0.05) is 30.5 Å². The van der Waals surface area contributed by atoms with Gasteiger partial charge in [-0.3, -0.25) is 14.2 Å². The molecule has 1 unspecified atom stereocenters. The Morgan fingerprint density at radius 1 is 1.37 bits per heavy atom. The van der Waals surface area contributed by atoms with E-state index in [0.717, 1.165) is 35.0 Å². The Kier molecular flexibility index (Phi) is 6.55. The van der Waals surface area contributed by atoms with E-state index < -0.39 is 0 Å². The van der Waals surface area contributed by atoms with E-state index in [0.29, 0.717) is 25.1 Å². The number of nitrogens with one attached hydrogen (secondary N) is 1. The fourth-order valence-electron chi connectivity index (χ4n) is 3.27. The summed E-state index contributed by atoms with van der Waals surface area (Å²) in [6.07, 6.45) is 2.75. The third kappa shape index (κ3) is 4.71. The first-order valence-corrected chi connectivity index (χ1v) is 10.2. The summed E-state index contributed by atoms with van der Waals surface area (Å²) in [6.45, 7) is 2.60. The number of hydrogen-bond donors (Lipinski definition) is 1. The summed E-state index contributed by atoms with van der Waals surface area (Å²) in [4.78, 5) is 29.3. The van der Waals surface area contributed by atoms with Crippen LogP contribution < -0.4 is 15.6 Å². The van der Waals surface area contributed by atoms with Crippen LogP contribution in [0.1, 0.15) is 37.1 Å². The molecule has 1 aliphatic heterocycles. The minimum Gasteiger partial charge on any atom is -0.496 e. The molecule has 1 aromatic heterocycles. The Hall–Kier alpha value is -2.28. The summed E-state index contributed by atoms with van der Waals surface area (Å²) in [7, 11) is 1.64. The predicted molar refractivity (Wildman–Crippen MR) is 107 cm³/mol. The summed E-state index contributed by atoms with van der Waals surface area (Å²) < 4.78 is 7.00. The largest absolute Gasteiger partial charge is 0.496 e. The first-order chi connectivity index (χ1) is 13.1. The molecule has 1 atom stereocenters. The lowest BCUT2D eigenvalue weighted by Crippen LogP contribution is -2.31. The van der Waals surface area contributed by atoms with Crippen molar-refractivity contribution in [3.8, 4) is 5.75 Å². The molecular formula is C20H25N3O3S. The molecule has 27 heavy (non-hydrogen) atoms. The number of carbonyl (C=O) groups excluding carboxylic acids is 1. The van der Waals surface area contributed by atoms with Crippen molar-refractivity contribution in [2.75, 3.05) is 19.4 Å². The Morgan fingerprint density at radius 2 is 2.19 bits per heavy atom. The highest BCUT2D eigenvalue weighted by Crippen LogP contribution is 2.32. The number of fused-ring (bicyclic) bond motifs is 1. The molecule has 7 heteroatoms. The Balaban J connectivity index is 1.56. The summed E-state index contributed by atoms with van der Waals surface area (Å²) in [5.41, 5.74) is 1.84. The van der Waals surface area contributed by atoms with Crippen molar-refractivity contribution < 1.29 is 9.53 Å². The van der Waals surface area contributed by atoms with Crippen LogP contribution in [0, 0.1) is 0 Å². The maximum Gasteiger partial charge on any atom is 0.254 e. The van der Waals surface area contributed by atoms with Crippen molar-refractivity contribution in [2.45, 2.75) is 43.8 Å². The molecule has 6 nitrogen and oxygen atoms in total. The summed E-state index contributed by atoms with van der Waals surface area (Å²) in [5.74, 6) is 1.49. The Bertz CT molecular complexity index is 866. The number of thioether (sulfide) groups is 1. The standard InChI is InChI=1S/C20H25N3O3S/c1-3-6-15-11-19(25)23-16(13-27-20(23)22-15)12-18(24)21-10-9-14-7-4-5-8-17(14)26-2/h4-5,7-8,11,16H,3,6,9-10,12-13H2,1-2H3,(H,21,24). The van der Waals surface area contributed by atoms with E-state index in [1.165, 1.54) is 0 Å². The van der Waals surface area contributed by atoms with E-state index in [9.17, 15) is 9.59 Å². The molecule has 0 bridgehead atoms. The van der Waals surface area contributed by atoms with Crippen LogP contribution in [0.25, 0.3) is 0 Å². The topological polar surface area (TPSA) is 73.2 Å². The number of ether oxygens (including phenoxy) is 1. The molecule has 1 amide bonds. The number of nitrogens with zero attached hydrogens (tertiary/aromatic N) is 2. The van der Waals surface area contributed by atoms with Crippen molar-refractivity contribution in [1.29, 1.82) is 0 Å². The van der Waals surface area contributed by atoms with Crippen LogP contribution in [0.15, 0.2) is 40.3 Å². The van der Waals surface area contributed by atoms with Crippen molar-refractivity contribution in [1.82, 2.24) is 14.9 Å². The van der Waals surface area contributed by atoms with Crippen LogP contribution in [0.2, 0.25) is 0 Å². The van der Waals surface area contributed by atoms with Gasteiger partial charge in [-0.05, 0) is 24.5 Å². The zero-order valence-electron chi connectivity index (χ0n) is 15.7. The molecule has 0 saturated carbocycles. The van der Waals surface area contributed by atoms with Crippen LogP contribution in [0.5, 0.6) is 5.75 Å². The number of aromatic nitrogens is 2. The lowest BCUT2D eigenvalue weighted by atomic mass is 10.1. The second kappa shape index (κ2) is 9.08. The number of rotatable bonds is 8. The molecule has 3 rings (SSSR count). The van der Waals surface area contributed by atoms with Gasteiger partial charge in [-0.25, -0.2) is 4.98 Å². The van der Waals surface area contributed by atoms with Gasteiger partial charge in [-0.15, -0.1) is 0 Å². The highest BCUT2D eigenvalue weighted by atomic mass is 32.2. The molecule has 0 spiro atoms. The molecule has 2 heterocycles. The summed E-state index contributed by atoms with van der Waals surface area (Å²) in [5, 5.41) is 3.69. The predicted octanol–water partition coefficient (Wildman–Crippen LogP) is 2.60. The first-order valence-electron chi connectivity index (χ1n) is 9.26.